The van der Waals surface area contributed by atoms with Gasteiger partial charge in [0.1, 0.15) is 5.75 Å². The van der Waals surface area contributed by atoms with Gasteiger partial charge >= 0.3 is 0 Å². The van der Waals surface area contributed by atoms with Gasteiger partial charge in [-0.05, 0) is 51.0 Å². The zero-order valence-corrected chi connectivity index (χ0v) is 13.7. The van der Waals surface area contributed by atoms with Crippen molar-refractivity contribution in [2.24, 2.45) is 0 Å². The number of benzene rings is 1. The summed E-state index contributed by atoms with van der Waals surface area (Å²) in [4.78, 5) is 12.1. The second-order valence-electron chi connectivity index (χ2n) is 5.09. The zero-order chi connectivity index (χ0) is 15.2. The van der Waals surface area contributed by atoms with Crippen LogP contribution >= 0.6 is 15.9 Å². The first kappa shape index (κ1) is 17.0. The lowest BCUT2D eigenvalue weighted by Crippen LogP contribution is -2.50. The van der Waals surface area contributed by atoms with E-state index in [-0.39, 0.29) is 12.5 Å². The molecule has 1 rings (SSSR count). The number of amides is 1. The van der Waals surface area contributed by atoms with Gasteiger partial charge in [0.25, 0.3) is 5.91 Å². The molecular weight excluding hydrogens is 322 g/mol. The summed E-state index contributed by atoms with van der Waals surface area (Å²) < 4.78 is 6.57. The molecule has 0 aromatic heterocycles. The Bertz CT molecular complexity index is 435. The summed E-state index contributed by atoms with van der Waals surface area (Å²) in [6.07, 6.45) is 0.700. The molecule has 2 N–H and O–H groups in total. The Morgan fingerprint density at radius 2 is 2.05 bits per heavy atom. The van der Waals surface area contributed by atoms with E-state index in [2.05, 4.69) is 21.2 Å². The highest BCUT2D eigenvalue weighted by molar-refractivity contribution is 9.10. The van der Waals surface area contributed by atoms with Crippen LogP contribution in [-0.4, -0.2) is 29.3 Å². The van der Waals surface area contributed by atoms with E-state index in [1.807, 2.05) is 26.0 Å². The number of carbonyl (C=O) groups excluding carboxylic acids is 1. The lowest BCUT2D eigenvalue weighted by Gasteiger charge is -2.30. The van der Waals surface area contributed by atoms with Crippen molar-refractivity contribution < 1.29 is 14.6 Å². The van der Waals surface area contributed by atoms with Gasteiger partial charge in [-0.2, -0.15) is 0 Å². The maximum Gasteiger partial charge on any atom is 0.261 e. The highest BCUT2D eigenvalue weighted by atomic mass is 79.9. The minimum atomic E-state index is -0.583. The van der Waals surface area contributed by atoms with Gasteiger partial charge in [0.15, 0.2) is 6.10 Å². The number of aliphatic hydroxyl groups excluding tert-OH is 1. The largest absolute Gasteiger partial charge is 0.481 e. The Morgan fingerprint density at radius 1 is 1.45 bits per heavy atom. The van der Waals surface area contributed by atoms with Crippen LogP contribution < -0.4 is 10.1 Å². The summed E-state index contributed by atoms with van der Waals surface area (Å²) in [5, 5.41) is 12.0. The fourth-order valence-electron chi connectivity index (χ4n) is 1.74. The first-order valence-corrected chi connectivity index (χ1v) is 7.54. The average Bonchev–Trinajstić information content (AvgIpc) is 2.41. The Kier molecular flexibility index (Phi) is 6.49. The van der Waals surface area contributed by atoms with Crippen LogP contribution in [-0.2, 0) is 4.79 Å². The van der Waals surface area contributed by atoms with Crippen LogP contribution in [0.1, 0.15) is 33.6 Å². The van der Waals surface area contributed by atoms with E-state index >= 15 is 0 Å². The molecule has 1 aromatic rings. The molecule has 5 heteroatoms. The number of ether oxygens (including phenoxy) is 1. The molecule has 112 valence electrons. The van der Waals surface area contributed by atoms with Crippen molar-refractivity contribution in [2.45, 2.75) is 45.3 Å². The summed E-state index contributed by atoms with van der Waals surface area (Å²) in [5.41, 5.74) is -0.400. The van der Waals surface area contributed by atoms with Crippen LogP contribution in [0.4, 0.5) is 0 Å². The van der Waals surface area contributed by atoms with Gasteiger partial charge in [-0.25, -0.2) is 0 Å². The van der Waals surface area contributed by atoms with Crippen molar-refractivity contribution in [1.29, 1.82) is 0 Å². The third-order valence-corrected chi connectivity index (χ3v) is 3.89. The third kappa shape index (κ3) is 5.13. The number of aliphatic hydroxyl groups is 1. The fourth-order valence-corrected chi connectivity index (χ4v) is 2.01. The number of hydrogen-bond donors (Lipinski definition) is 2. The number of halogens is 1. The highest BCUT2D eigenvalue weighted by Gasteiger charge is 2.26. The third-order valence-electron chi connectivity index (χ3n) is 3.36. The first-order chi connectivity index (χ1) is 9.40. The maximum absolute atomic E-state index is 12.1. The lowest BCUT2D eigenvalue weighted by molar-refractivity contribution is -0.129. The van der Waals surface area contributed by atoms with E-state index < -0.39 is 11.6 Å². The minimum absolute atomic E-state index is 0.0482. The quantitative estimate of drug-likeness (QED) is 0.800. The van der Waals surface area contributed by atoms with Crippen molar-refractivity contribution in [2.75, 3.05) is 6.61 Å². The van der Waals surface area contributed by atoms with E-state index in [1.54, 1.807) is 19.1 Å². The van der Waals surface area contributed by atoms with Crippen molar-refractivity contribution in [3.05, 3.63) is 28.7 Å². The number of hydrogen-bond acceptors (Lipinski definition) is 3. The number of nitrogens with one attached hydrogen (secondary N) is 1. The Balaban J connectivity index is 2.60. The van der Waals surface area contributed by atoms with Crippen LogP contribution in [0.25, 0.3) is 0 Å². The first-order valence-electron chi connectivity index (χ1n) is 6.75. The Hall–Kier alpha value is -1.07. The van der Waals surface area contributed by atoms with Gasteiger partial charge in [-0.15, -0.1) is 0 Å². The zero-order valence-electron chi connectivity index (χ0n) is 12.1. The van der Waals surface area contributed by atoms with Gasteiger partial charge < -0.3 is 15.2 Å². The summed E-state index contributed by atoms with van der Waals surface area (Å²) in [6.45, 7) is 5.67. The van der Waals surface area contributed by atoms with Crippen LogP contribution in [0.3, 0.4) is 0 Å². The van der Waals surface area contributed by atoms with Gasteiger partial charge in [0.2, 0.25) is 0 Å². The molecule has 1 amide bonds. The molecule has 0 saturated carbocycles. The second kappa shape index (κ2) is 7.64. The molecular formula is C15H22BrNO3. The van der Waals surface area contributed by atoms with Gasteiger partial charge in [-0.3, -0.25) is 4.79 Å². The van der Waals surface area contributed by atoms with Crippen molar-refractivity contribution in [1.82, 2.24) is 5.32 Å². The monoisotopic (exact) mass is 343 g/mol. The van der Waals surface area contributed by atoms with E-state index in [0.717, 1.165) is 10.9 Å². The number of carbonyl (C=O) groups is 1. The van der Waals surface area contributed by atoms with Gasteiger partial charge in [-0.1, -0.05) is 22.9 Å². The SMILES string of the molecule is CCC(C)(CCO)NC(=O)C(C)Oc1ccc(Br)cc1. The molecule has 0 spiro atoms. The molecule has 1 aromatic carbocycles. The maximum atomic E-state index is 12.1. The van der Waals surface area contributed by atoms with Crippen LogP contribution in [0.2, 0.25) is 0 Å². The summed E-state index contributed by atoms with van der Waals surface area (Å²) >= 11 is 3.35. The number of rotatable bonds is 7. The second-order valence-corrected chi connectivity index (χ2v) is 6.01. The van der Waals surface area contributed by atoms with E-state index in [4.69, 9.17) is 9.84 Å². The van der Waals surface area contributed by atoms with Crippen LogP contribution in [0, 0.1) is 0 Å². The summed E-state index contributed by atoms with van der Waals surface area (Å²) in [6, 6.07) is 7.34. The Labute approximate surface area is 128 Å². The van der Waals surface area contributed by atoms with Gasteiger partial charge in [0, 0.05) is 16.6 Å². The molecule has 0 bridgehead atoms. The summed E-state index contributed by atoms with van der Waals surface area (Å²) in [7, 11) is 0. The normalized spacial score (nSPS) is 15.2. The Morgan fingerprint density at radius 3 is 2.55 bits per heavy atom. The minimum Gasteiger partial charge on any atom is -0.481 e. The molecule has 0 aliphatic heterocycles. The molecule has 2 unspecified atom stereocenters. The average molecular weight is 344 g/mol. The van der Waals surface area contributed by atoms with Crippen molar-refractivity contribution in [3.63, 3.8) is 0 Å². The van der Waals surface area contributed by atoms with Crippen LogP contribution in [0.15, 0.2) is 28.7 Å². The predicted octanol–water partition coefficient (Wildman–Crippen LogP) is 2.88. The topological polar surface area (TPSA) is 58.6 Å². The standard InChI is InChI=1S/C15H22BrNO3/c1-4-15(3,9-10-18)17-14(19)11(2)20-13-7-5-12(16)6-8-13/h5-8,11,18H,4,9-10H2,1-3H3,(H,17,19). The molecule has 0 aliphatic rings. The molecule has 0 saturated heterocycles. The highest BCUT2D eigenvalue weighted by Crippen LogP contribution is 2.18. The van der Waals surface area contributed by atoms with Gasteiger partial charge in [0.05, 0.1) is 0 Å². The molecule has 4 nitrogen and oxygen atoms in total. The van der Waals surface area contributed by atoms with Crippen molar-refractivity contribution in [3.8, 4) is 5.75 Å². The van der Waals surface area contributed by atoms with E-state index in [9.17, 15) is 4.79 Å². The molecule has 20 heavy (non-hydrogen) atoms. The van der Waals surface area contributed by atoms with Crippen molar-refractivity contribution >= 4 is 21.8 Å². The molecule has 0 radical (unpaired) electrons. The van der Waals surface area contributed by atoms with E-state index in [1.165, 1.54) is 0 Å². The lowest BCUT2D eigenvalue weighted by atomic mass is 9.94. The smallest absolute Gasteiger partial charge is 0.261 e. The molecule has 0 aliphatic carbocycles. The van der Waals surface area contributed by atoms with Crippen LogP contribution in [0.5, 0.6) is 5.75 Å². The molecule has 0 heterocycles. The van der Waals surface area contributed by atoms with E-state index in [0.29, 0.717) is 12.2 Å². The fraction of sp³-hybridized carbons (Fsp3) is 0.533. The predicted molar refractivity (Wildman–Crippen MR) is 82.8 cm³/mol. The molecule has 2 atom stereocenters. The molecule has 0 fully saturated rings. The summed E-state index contributed by atoms with van der Waals surface area (Å²) in [5.74, 6) is 0.474.